The maximum absolute atomic E-state index is 12.1. The van der Waals surface area contributed by atoms with Gasteiger partial charge in [-0.25, -0.2) is 0 Å². The van der Waals surface area contributed by atoms with Crippen LogP contribution in [0.5, 0.6) is 0 Å². The Bertz CT molecular complexity index is 486. The normalized spacial score (nSPS) is 24.0. The molecule has 0 aromatic carbocycles. The third-order valence-electron chi connectivity index (χ3n) is 3.84. The van der Waals surface area contributed by atoms with Gasteiger partial charge in [0.1, 0.15) is 6.54 Å². The molecule has 4 amide bonds. The molecule has 114 valence electrons. The van der Waals surface area contributed by atoms with Crippen molar-refractivity contribution in [1.29, 1.82) is 0 Å². The van der Waals surface area contributed by atoms with E-state index in [1.54, 1.807) is 14.1 Å². The van der Waals surface area contributed by atoms with Crippen LogP contribution in [0.15, 0.2) is 12.2 Å². The number of nitrogens with one attached hydrogen (secondary N) is 1. The lowest BCUT2D eigenvalue weighted by Gasteiger charge is -2.15. The second-order valence-electron chi connectivity index (χ2n) is 5.48. The van der Waals surface area contributed by atoms with Gasteiger partial charge in [0.15, 0.2) is 0 Å². The van der Waals surface area contributed by atoms with Gasteiger partial charge in [-0.05, 0) is 12.8 Å². The third-order valence-corrected chi connectivity index (χ3v) is 3.84. The number of amides is 4. The Morgan fingerprint density at radius 3 is 2.19 bits per heavy atom. The summed E-state index contributed by atoms with van der Waals surface area (Å²) in [6, 6.07) is 0. The molecule has 2 atom stereocenters. The van der Waals surface area contributed by atoms with Crippen LogP contribution in [0.3, 0.4) is 0 Å². The second-order valence-corrected chi connectivity index (χ2v) is 5.48. The molecular weight excluding hydrogens is 274 g/mol. The van der Waals surface area contributed by atoms with Crippen molar-refractivity contribution in [1.82, 2.24) is 15.1 Å². The SMILES string of the molecule is CN(C)C(=O)CNC(=O)CN1C(=O)[C@@H]2CC=CC[C@H]2C1=O. The standard InChI is InChI=1S/C14H19N3O4/c1-16(2)12(19)7-15-11(18)8-17-13(20)9-5-3-4-6-10(9)14(17)21/h3-4,9-10H,5-8H2,1-2H3,(H,15,18)/t9-,10-/m1/s1. The number of fused-ring (bicyclic) bond motifs is 1. The Balaban J connectivity index is 1.91. The Kier molecular flexibility index (Phi) is 4.40. The number of imide groups is 1. The van der Waals surface area contributed by atoms with Gasteiger partial charge in [0.2, 0.25) is 23.6 Å². The highest BCUT2D eigenvalue weighted by Gasteiger charge is 2.47. The lowest BCUT2D eigenvalue weighted by Crippen LogP contribution is -2.44. The van der Waals surface area contributed by atoms with Crippen LogP contribution in [0, 0.1) is 11.8 Å². The monoisotopic (exact) mass is 293 g/mol. The minimum atomic E-state index is -0.501. The number of likely N-dealkylation sites (tertiary alicyclic amines) is 1. The topological polar surface area (TPSA) is 86.8 Å². The first-order chi connectivity index (χ1) is 9.91. The molecule has 1 N–H and O–H groups in total. The van der Waals surface area contributed by atoms with Crippen molar-refractivity contribution in [3.05, 3.63) is 12.2 Å². The molecule has 21 heavy (non-hydrogen) atoms. The Hall–Kier alpha value is -2.18. The molecule has 2 rings (SSSR count). The molecule has 0 aromatic rings. The molecule has 0 aromatic heterocycles. The first-order valence-corrected chi connectivity index (χ1v) is 6.89. The Morgan fingerprint density at radius 2 is 1.71 bits per heavy atom. The average Bonchev–Trinajstić information content (AvgIpc) is 2.70. The van der Waals surface area contributed by atoms with Crippen LogP contribution in [0.1, 0.15) is 12.8 Å². The first kappa shape index (κ1) is 15.2. The molecule has 2 aliphatic rings. The third kappa shape index (κ3) is 3.12. The summed E-state index contributed by atoms with van der Waals surface area (Å²) in [6.07, 6.45) is 4.89. The molecule has 1 heterocycles. The van der Waals surface area contributed by atoms with Gasteiger partial charge in [-0.1, -0.05) is 12.2 Å². The predicted octanol–water partition coefficient (Wildman–Crippen LogP) is -0.858. The smallest absolute Gasteiger partial charge is 0.241 e. The van der Waals surface area contributed by atoms with Crippen molar-refractivity contribution in [3.63, 3.8) is 0 Å². The first-order valence-electron chi connectivity index (χ1n) is 6.89. The minimum absolute atomic E-state index is 0.142. The highest BCUT2D eigenvalue weighted by atomic mass is 16.2. The lowest BCUT2D eigenvalue weighted by atomic mass is 9.85. The molecule has 1 fully saturated rings. The molecule has 0 spiro atoms. The van der Waals surface area contributed by atoms with Crippen LogP contribution in [-0.4, -0.2) is 60.6 Å². The quantitative estimate of drug-likeness (QED) is 0.540. The average molecular weight is 293 g/mol. The molecule has 0 unspecified atom stereocenters. The fourth-order valence-electron chi connectivity index (χ4n) is 2.56. The molecule has 7 nitrogen and oxygen atoms in total. The van der Waals surface area contributed by atoms with Crippen molar-refractivity contribution in [2.24, 2.45) is 11.8 Å². The molecule has 0 bridgehead atoms. The number of carbonyl (C=O) groups excluding carboxylic acids is 4. The van der Waals surface area contributed by atoms with E-state index in [0.29, 0.717) is 12.8 Å². The summed E-state index contributed by atoms with van der Waals surface area (Å²) in [4.78, 5) is 49.8. The largest absolute Gasteiger partial charge is 0.347 e. The zero-order chi connectivity index (χ0) is 15.6. The van der Waals surface area contributed by atoms with E-state index in [1.807, 2.05) is 12.2 Å². The van der Waals surface area contributed by atoms with Crippen LogP contribution in [0.4, 0.5) is 0 Å². The summed E-state index contributed by atoms with van der Waals surface area (Å²) >= 11 is 0. The highest BCUT2D eigenvalue weighted by molar-refractivity contribution is 6.07. The highest BCUT2D eigenvalue weighted by Crippen LogP contribution is 2.34. The van der Waals surface area contributed by atoms with Gasteiger partial charge in [0, 0.05) is 14.1 Å². The van der Waals surface area contributed by atoms with Gasteiger partial charge < -0.3 is 10.2 Å². The summed E-state index contributed by atoms with van der Waals surface area (Å²) in [5, 5.41) is 2.42. The fourth-order valence-corrected chi connectivity index (χ4v) is 2.56. The number of carbonyl (C=O) groups is 4. The van der Waals surface area contributed by atoms with E-state index in [4.69, 9.17) is 0 Å². The van der Waals surface area contributed by atoms with Gasteiger partial charge >= 0.3 is 0 Å². The summed E-state index contributed by atoms with van der Waals surface area (Å²) in [7, 11) is 3.17. The molecule has 1 aliphatic heterocycles. The second kappa shape index (κ2) is 6.07. The van der Waals surface area contributed by atoms with Crippen molar-refractivity contribution in [2.45, 2.75) is 12.8 Å². The number of allylic oxidation sites excluding steroid dienone is 2. The maximum atomic E-state index is 12.1. The predicted molar refractivity (Wildman–Crippen MR) is 73.8 cm³/mol. The van der Waals surface area contributed by atoms with Crippen LogP contribution >= 0.6 is 0 Å². The number of likely N-dealkylation sites (N-methyl/N-ethyl adjacent to an activating group) is 1. The maximum Gasteiger partial charge on any atom is 0.241 e. The van der Waals surface area contributed by atoms with E-state index in [2.05, 4.69) is 5.32 Å². The summed E-state index contributed by atoms with van der Waals surface area (Å²) in [5.74, 6) is -2.00. The van der Waals surface area contributed by atoms with E-state index in [-0.39, 0.29) is 42.6 Å². The molecular formula is C14H19N3O4. The van der Waals surface area contributed by atoms with Crippen molar-refractivity contribution >= 4 is 23.6 Å². The van der Waals surface area contributed by atoms with Gasteiger partial charge in [-0.15, -0.1) is 0 Å². The molecule has 7 heteroatoms. The minimum Gasteiger partial charge on any atom is -0.347 e. The number of rotatable bonds is 4. The van der Waals surface area contributed by atoms with Gasteiger partial charge in [-0.3, -0.25) is 24.1 Å². The molecule has 1 saturated heterocycles. The fraction of sp³-hybridized carbons (Fsp3) is 0.571. The Morgan fingerprint density at radius 1 is 1.19 bits per heavy atom. The zero-order valence-electron chi connectivity index (χ0n) is 12.2. The van der Waals surface area contributed by atoms with Crippen molar-refractivity contribution in [2.75, 3.05) is 27.2 Å². The van der Waals surface area contributed by atoms with Crippen molar-refractivity contribution < 1.29 is 19.2 Å². The lowest BCUT2D eigenvalue weighted by molar-refractivity contribution is -0.143. The Labute approximate surface area is 122 Å². The zero-order valence-corrected chi connectivity index (χ0v) is 12.2. The molecule has 0 radical (unpaired) electrons. The van der Waals surface area contributed by atoms with Gasteiger partial charge in [0.25, 0.3) is 0 Å². The van der Waals surface area contributed by atoms with Gasteiger partial charge in [-0.2, -0.15) is 0 Å². The van der Waals surface area contributed by atoms with Crippen LogP contribution < -0.4 is 5.32 Å². The van der Waals surface area contributed by atoms with Gasteiger partial charge in [0.05, 0.1) is 18.4 Å². The number of hydrogen-bond acceptors (Lipinski definition) is 4. The number of hydrogen-bond donors (Lipinski definition) is 1. The summed E-state index contributed by atoms with van der Waals surface area (Å²) < 4.78 is 0. The molecule has 0 saturated carbocycles. The van der Waals surface area contributed by atoms with E-state index in [9.17, 15) is 19.2 Å². The van der Waals surface area contributed by atoms with Crippen LogP contribution in [0.25, 0.3) is 0 Å². The van der Waals surface area contributed by atoms with E-state index in [1.165, 1.54) is 4.90 Å². The van der Waals surface area contributed by atoms with E-state index >= 15 is 0 Å². The van der Waals surface area contributed by atoms with Crippen LogP contribution in [-0.2, 0) is 19.2 Å². The van der Waals surface area contributed by atoms with Crippen molar-refractivity contribution in [3.8, 4) is 0 Å². The van der Waals surface area contributed by atoms with E-state index in [0.717, 1.165) is 4.90 Å². The summed E-state index contributed by atoms with van der Waals surface area (Å²) in [5.41, 5.74) is 0. The van der Waals surface area contributed by atoms with Crippen LogP contribution in [0.2, 0.25) is 0 Å². The molecule has 1 aliphatic carbocycles. The van der Waals surface area contributed by atoms with E-state index < -0.39 is 5.91 Å². The number of nitrogens with zero attached hydrogens (tertiary/aromatic N) is 2. The summed E-state index contributed by atoms with van der Waals surface area (Å²) in [6.45, 7) is -0.457.